The van der Waals surface area contributed by atoms with Crippen LogP contribution in [0.1, 0.15) is 6.92 Å². The van der Waals surface area contributed by atoms with E-state index in [1.165, 1.54) is 0 Å². The summed E-state index contributed by atoms with van der Waals surface area (Å²) in [5.74, 6) is 0. The molecule has 0 radical (unpaired) electrons. The molecule has 0 spiro atoms. The molecular weight excluding hydrogens is 126 g/mol. The van der Waals surface area contributed by atoms with E-state index in [9.17, 15) is 0 Å². The standard InChI is InChI=1S/C8H15NO/c1-4-7(5-2)8(6-10)9-3/h4-5,8-10H,1,6H2,2-3H3/b7-5+. The molecule has 1 unspecified atom stereocenters. The Labute approximate surface area is 62.3 Å². The van der Waals surface area contributed by atoms with E-state index in [1.807, 2.05) is 20.0 Å². The number of hydrogen-bond acceptors (Lipinski definition) is 2. The molecule has 0 aliphatic rings. The zero-order valence-corrected chi connectivity index (χ0v) is 6.59. The van der Waals surface area contributed by atoms with Crippen LogP contribution in [0, 0.1) is 0 Å². The number of allylic oxidation sites excluding steroid dienone is 1. The second kappa shape index (κ2) is 5.21. The van der Waals surface area contributed by atoms with Gasteiger partial charge >= 0.3 is 0 Å². The van der Waals surface area contributed by atoms with Crippen LogP contribution in [-0.2, 0) is 0 Å². The molecule has 10 heavy (non-hydrogen) atoms. The fourth-order valence-electron chi connectivity index (χ4n) is 0.825. The Hall–Kier alpha value is -0.600. The molecule has 0 heterocycles. The van der Waals surface area contributed by atoms with Crippen molar-refractivity contribution in [1.29, 1.82) is 0 Å². The third-order valence-electron chi connectivity index (χ3n) is 1.50. The Balaban J connectivity index is 4.10. The molecule has 1 atom stereocenters. The van der Waals surface area contributed by atoms with Gasteiger partial charge in [-0.15, -0.1) is 0 Å². The molecular formula is C8H15NO. The first-order chi connectivity index (χ1) is 4.79. The number of likely N-dealkylation sites (N-methyl/N-ethyl adjacent to an activating group) is 1. The first-order valence-electron chi connectivity index (χ1n) is 3.36. The van der Waals surface area contributed by atoms with Crippen molar-refractivity contribution in [2.75, 3.05) is 13.7 Å². The van der Waals surface area contributed by atoms with Crippen LogP contribution in [0.3, 0.4) is 0 Å². The smallest absolute Gasteiger partial charge is 0.0626 e. The topological polar surface area (TPSA) is 32.3 Å². The maximum Gasteiger partial charge on any atom is 0.0626 e. The fourth-order valence-corrected chi connectivity index (χ4v) is 0.825. The Morgan fingerprint density at radius 2 is 2.40 bits per heavy atom. The zero-order valence-electron chi connectivity index (χ0n) is 6.59. The first-order valence-corrected chi connectivity index (χ1v) is 3.36. The molecule has 0 aromatic heterocycles. The summed E-state index contributed by atoms with van der Waals surface area (Å²) in [5.41, 5.74) is 1.03. The fraction of sp³-hybridized carbons (Fsp3) is 0.500. The molecule has 0 saturated carbocycles. The number of aliphatic hydroxyl groups excluding tert-OH is 1. The van der Waals surface area contributed by atoms with Crippen LogP contribution in [0.2, 0.25) is 0 Å². The molecule has 0 aromatic rings. The second-order valence-electron chi connectivity index (χ2n) is 2.02. The number of aliphatic hydroxyl groups is 1. The molecule has 2 heteroatoms. The van der Waals surface area contributed by atoms with E-state index >= 15 is 0 Å². The van der Waals surface area contributed by atoms with Crippen molar-refractivity contribution in [3.05, 3.63) is 24.3 Å². The maximum atomic E-state index is 8.81. The Kier molecular flexibility index (Phi) is 4.89. The molecule has 0 aliphatic carbocycles. The molecule has 2 N–H and O–H groups in total. The van der Waals surface area contributed by atoms with Gasteiger partial charge in [-0.1, -0.05) is 18.7 Å². The molecule has 0 amide bonds. The molecule has 0 saturated heterocycles. The highest BCUT2D eigenvalue weighted by atomic mass is 16.3. The summed E-state index contributed by atoms with van der Waals surface area (Å²) in [6, 6.07) is 0.0301. The van der Waals surface area contributed by atoms with Gasteiger partial charge in [0.25, 0.3) is 0 Å². The summed E-state index contributed by atoms with van der Waals surface area (Å²) in [7, 11) is 1.81. The molecule has 58 valence electrons. The van der Waals surface area contributed by atoms with Crippen molar-refractivity contribution in [2.45, 2.75) is 13.0 Å². The SMILES string of the molecule is C=C/C(=C\C)C(CO)NC. The summed E-state index contributed by atoms with van der Waals surface area (Å²) in [5, 5.41) is 11.8. The van der Waals surface area contributed by atoms with E-state index in [0.717, 1.165) is 5.57 Å². The van der Waals surface area contributed by atoms with Gasteiger partial charge in [0.2, 0.25) is 0 Å². The zero-order chi connectivity index (χ0) is 7.98. The van der Waals surface area contributed by atoms with Gasteiger partial charge in [-0.25, -0.2) is 0 Å². The van der Waals surface area contributed by atoms with E-state index in [4.69, 9.17) is 5.11 Å². The average molecular weight is 141 g/mol. The van der Waals surface area contributed by atoms with Crippen LogP contribution in [0.4, 0.5) is 0 Å². The van der Waals surface area contributed by atoms with Crippen LogP contribution in [0.5, 0.6) is 0 Å². The van der Waals surface area contributed by atoms with Crippen molar-refractivity contribution in [1.82, 2.24) is 5.32 Å². The van der Waals surface area contributed by atoms with Gasteiger partial charge in [-0.05, 0) is 19.5 Å². The van der Waals surface area contributed by atoms with E-state index in [0.29, 0.717) is 0 Å². The molecule has 0 bridgehead atoms. The van der Waals surface area contributed by atoms with Crippen molar-refractivity contribution in [3.8, 4) is 0 Å². The van der Waals surface area contributed by atoms with Crippen LogP contribution in [0.25, 0.3) is 0 Å². The lowest BCUT2D eigenvalue weighted by atomic mass is 10.1. The minimum Gasteiger partial charge on any atom is -0.394 e. The quantitative estimate of drug-likeness (QED) is 0.565. The van der Waals surface area contributed by atoms with E-state index in [-0.39, 0.29) is 12.6 Å². The van der Waals surface area contributed by atoms with Crippen LogP contribution in [-0.4, -0.2) is 24.8 Å². The molecule has 2 nitrogen and oxygen atoms in total. The monoisotopic (exact) mass is 141 g/mol. The van der Waals surface area contributed by atoms with Crippen molar-refractivity contribution in [3.63, 3.8) is 0 Å². The number of hydrogen-bond donors (Lipinski definition) is 2. The molecule has 0 rings (SSSR count). The molecule has 0 aromatic carbocycles. The molecule has 0 aliphatic heterocycles. The van der Waals surface area contributed by atoms with Crippen molar-refractivity contribution in [2.24, 2.45) is 0 Å². The largest absolute Gasteiger partial charge is 0.394 e. The summed E-state index contributed by atoms with van der Waals surface area (Å²) in [6.45, 7) is 5.67. The van der Waals surface area contributed by atoms with Crippen molar-refractivity contribution < 1.29 is 5.11 Å². The summed E-state index contributed by atoms with van der Waals surface area (Å²) in [6.07, 6.45) is 3.68. The average Bonchev–Trinajstić information content (AvgIpc) is 2.00. The lowest BCUT2D eigenvalue weighted by molar-refractivity contribution is 0.266. The third kappa shape index (κ3) is 2.33. The Morgan fingerprint density at radius 3 is 2.50 bits per heavy atom. The Morgan fingerprint density at radius 1 is 1.80 bits per heavy atom. The highest BCUT2D eigenvalue weighted by Gasteiger charge is 2.04. The van der Waals surface area contributed by atoms with Gasteiger partial charge in [-0.2, -0.15) is 0 Å². The predicted molar refractivity (Wildman–Crippen MR) is 43.9 cm³/mol. The first kappa shape index (κ1) is 9.40. The van der Waals surface area contributed by atoms with Gasteiger partial charge in [-0.3, -0.25) is 0 Å². The summed E-state index contributed by atoms with van der Waals surface area (Å²) < 4.78 is 0. The summed E-state index contributed by atoms with van der Waals surface area (Å²) >= 11 is 0. The predicted octanol–water partition coefficient (Wildman–Crippen LogP) is 0.699. The lowest BCUT2D eigenvalue weighted by Crippen LogP contribution is -2.30. The minimum atomic E-state index is 0.0301. The lowest BCUT2D eigenvalue weighted by Gasteiger charge is -2.13. The van der Waals surface area contributed by atoms with E-state index < -0.39 is 0 Å². The molecule has 0 fully saturated rings. The van der Waals surface area contributed by atoms with Gasteiger partial charge in [0, 0.05) is 0 Å². The van der Waals surface area contributed by atoms with E-state index in [1.54, 1.807) is 6.08 Å². The van der Waals surface area contributed by atoms with Crippen LogP contribution >= 0.6 is 0 Å². The van der Waals surface area contributed by atoms with Crippen molar-refractivity contribution >= 4 is 0 Å². The second-order valence-corrected chi connectivity index (χ2v) is 2.02. The normalized spacial score (nSPS) is 14.9. The van der Waals surface area contributed by atoms with Crippen LogP contribution < -0.4 is 5.32 Å². The van der Waals surface area contributed by atoms with Gasteiger partial charge in [0.05, 0.1) is 12.6 Å². The highest BCUT2D eigenvalue weighted by molar-refractivity contribution is 5.21. The minimum absolute atomic E-state index is 0.0301. The number of rotatable bonds is 4. The highest BCUT2D eigenvalue weighted by Crippen LogP contribution is 2.01. The van der Waals surface area contributed by atoms with E-state index in [2.05, 4.69) is 11.9 Å². The van der Waals surface area contributed by atoms with Gasteiger partial charge in [0.1, 0.15) is 0 Å². The third-order valence-corrected chi connectivity index (χ3v) is 1.50. The summed E-state index contributed by atoms with van der Waals surface area (Å²) in [4.78, 5) is 0. The Bertz CT molecular complexity index is 125. The van der Waals surface area contributed by atoms with Gasteiger partial charge < -0.3 is 10.4 Å². The maximum absolute atomic E-state index is 8.81. The van der Waals surface area contributed by atoms with Crippen LogP contribution in [0.15, 0.2) is 24.3 Å². The number of nitrogens with one attached hydrogen (secondary N) is 1. The van der Waals surface area contributed by atoms with Gasteiger partial charge in [0.15, 0.2) is 0 Å².